The van der Waals surface area contributed by atoms with Crippen molar-refractivity contribution < 1.29 is 14.4 Å². The van der Waals surface area contributed by atoms with Gasteiger partial charge in [-0.25, -0.2) is 0 Å². The van der Waals surface area contributed by atoms with Crippen LogP contribution in [-0.4, -0.2) is 58.7 Å². The lowest BCUT2D eigenvalue weighted by molar-refractivity contribution is -0.136. The van der Waals surface area contributed by atoms with Crippen molar-refractivity contribution >= 4 is 17.7 Å². The van der Waals surface area contributed by atoms with Crippen molar-refractivity contribution in [2.75, 3.05) is 13.1 Å². The lowest BCUT2D eigenvalue weighted by atomic mass is 9.91. The summed E-state index contributed by atoms with van der Waals surface area (Å²) in [5.74, 6) is -0.696. The summed E-state index contributed by atoms with van der Waals surface area (Å²) in [5.41, 5.74) is 2.95. The molecule has 3 atom stereocenters. The normalized spacial score (nSPS) is 30.4. The Morgan fingerprint density at radius 2 is 1.82 bits per heavy atom. The number of carbonyl (C=O) groups is 3. The van der Waals surface area contributed by atoms with E-state index in [1.54, 1.807) is 4.90 Å². The van der Waals surface area contributed by atoms with Crippen molar-refractivity contribution in [1.82, 2.24) is 20.4 Å². The Kier molecular flexibility index (Phi) is 4.44. The van der Waals surface area contributed by atoms with Gasteiger partial charge in [0.15, 0.2) is 0 Å². The number of benzene rings is 1. The number of fused-ring (bicyclic) bond motifs is 3. The van der Waals surface area contributed by atoms with Gasteiger partial charge in [0.25, 0.3) is 5.91 Å². The Hall–Kier alpha value is -2.25. The zero-order valence-corrected chi connectivity index (χ0v) is 15.9. The smallest absolute Gasteiger partial charge is 0.255 e. The summed E-state index contributed by atoms with van der Waals surface area (Å²) in [5, 5.41) is 5.92. The number of nitrogens with zero attached hydrogens (tertiary/aromatic N) is 2. The van der Waals surface area contributed by atoms with Crippen LogP contribution < -0.4 is 10.6 Å². The first kappa shape index (κ1) is 17.8. The lowest BCUT2D eigenvalue weighted by Crippen LogP contribution is -2.59. The molecule has 3 saturated heterocycles. The fourth-order valence-electron chi connectivity index (χ4n) is 5.33. The van der Waals surface area contributed by atoms with E-state index >= 15 is 0 Å². The Bertz CT molecular complexity index is 817. The number of rotatable bonds is 3. The summed E-state index contributed by atoms with van der Waals surface area (Å²) in [6.45, 7) is 3.38. The Balaban J connectivity index is 1.39. The molecule has 5 rings (SSSR count). The molecule has 4 aliphatic rings. The number of piperidine rings is 2. The summed E-state index contributed by atoms with van der Waals surface area (Å²) in [6, 6.07) is 6.52. The summed E-state index contributed by atoms with van der Waals surface area (Å²) in [7, 11) is 0. The molecule has 4 aliphatic heterocycles. The van der Waals surface area contributed by atoms with Gasteiger partial charge in [0.05, 0.1) is 0 Å². The van der Waals surface area contributed by atoms with E-state index in [9.17, 15) is 14.4 Å². The van der Waals surface area contributed by atoms with Gasteiger partial charge in [-0.1, -0.05) is 18.6 Å². The zero-order chi connectivity index (χ0) is 19.3. The van der Waals surface area contributed by atoms with Gasteiger partial charge in [0.1, 0.15) is 6.04 Å². The number of piperazine rings is 1. The van der Waals surface area contributed by atoms with Gasteiger partial charge in [-0.2, -0.15) is 0 Å². The van der Waals surface area contributed by atoms with Crippen molar-refractivity contribution in [2.24, 2.45) is 0 Å². The summed E-state index contributed by atoms with van der Waals surface area (Å²) in [6.07, 6.45) is 4.43. The van der Waals surface area contributed by atoms with Gasteiger partial charge in [-0.05, 0) is 36.5 Å². The van der Waals surface area contributed by atoms with Crippen LogP contribution in [-0.2, 0) is 22.7 Å². The molecule has 2 bridgehead atoms. The second-order valence-corrected chi connectivity index (χ2v) is 8.41. The van der Waals surface area contributed by atoms with Crippen LogP contribution in [0.3, 0.4) is 0 Å². The molecule has 7 nitrogen and oxygen atoms in total. The van der Waals surface area contributed by atoms with Gasteiger partial charge in [0, 0.05) is 50.2 Å². The molecule has 1 aromatic rings. The second-order valence-electron chi connectivity index (χ2n) is 8.41. The van der Waals surface area contributed by atoms with Gasteiger partial charge < -0.3 is 10.2 Å². The molecule has 2 N–H and O–H groups in total. The molecule has 0 saturated carbocycles. The number of hydrogen-bond donors (Lipinski definition) is 2. The predicted molar refractivity (Wildman–Crippen MR) is 102 cm³/mol. The highest BCUT2D eigenvalue weighted by molar-refractivity contribution is 6.05. The molecule has 0 aromatic heterocycles. The maximum atomic E-state index is 13.0. The molecule has 3 unspecified atom stereocenters. The topological polar surface area (TPSA) is 81.8 Å². The third-order valence-corrected chi connectivity index (χ3v) is 6.80. The number of hydrogen-bond acceptors (Lipinski definition) is 5. The summed E-state index contributed by atoms with van der Waals surface area (Å²) >= 11 is 0. The number of nitrogens with one attached hydrogen (secondary N) is 2. The SMILES string of the molecule is O=C1CCC(N2Cc3c(CN4C5CCCC4CNC5)cccc3C2=O)C(=O)N1. The monoisotopic (exact) mass is 382 g/mol. The van der Waals surface area contributed by atoms with E-state index in [-0.39, 0.29) is 24.1 Å². The molecule has 3 fully saturated rings. The van der Waals surface area contributed by atoms with Crippen molar-refractivity contribution in [2.45, 2.75) is 63.3 Å². The van der Waals surface area contributed by atoms with Crippen LogP contribution in [0.1, 0.15) is 53.6 Å². The van der Waals surface area contributed by atoms with Crippen molar-refractivity contribution in [3.05, 3.63) is 34.9 Å². The maximum absolute atomic E-state index is 13.0. The zero-order valence-electron chi connectivity index (χ0n) is 15.9. The van der Waals surface area contributed by atoms with E-state index in [0.29, 0.717) is 30.6 Å². The highest BCUT2D eigenvalue weighted by Crippen LogP contribution is 2.33. The third kappa shape index (κ3) is 2.93. The van der Waals surface area contributed by atoms with E-state index in [4.69, 9.17) is 0 Å². The minimum absolute atomic E-state index is 0.0909. The van der Waals surface area contributed by atoms with Gasteiger partial charge in [0.2, 0.25) is 11.8 Å². The summed E-state index contributed by atoms with van der Waals surface area (Å²) < 4.78 is 0. The molecular formula is C21H26N4O3. The first-order chi connectivity index (χ1) is 13.6. The van der Waals surface area contributed by atoms with Gasteiger partial charge in [-0.15, -0.1) is 0 Å². The van der Waals surface area contributed by atoms with Crippen LogP contribution >= 0.6 is 0 Å². The van der Waals surface area contributed by atoms with Crippen LogP contribution in [0.2, 0.25) is 0 Å². The minimum Gasteiger partial charge on any atom is -0.322 e. The van der Waals surface area contributed by atoms with Crippen molar-refractivity contribution in [1.29, 1.82) is 0 Å². The Morgan fingerprint density at radius 1 is 1.04 bits per heavy atom. The molecule has 148 valence electrons. The highest BCUT2D eigenvalue weighted by atomic mass is 16.2. The number of amides is 3. The number of imide groups is 1. The predicted octanol–water partition coefficient (Wildman–Crippen LogP) is 0.774. The van der Waals surface area contributed by atoms with E-state index in [1.807, 2.05) is 12.1 Å². The van der Waals surface area contributed by atoms with E-state index in [1.165, 1.54) is 24.8 Å². The summed E-state index contributed by atoms with van der Waals surface area (Å²) in [4.78, 5) is 41.0. The molecule has 0 spiro atoms. The standard InChI is InChI=1S/C21H26N4O3/c26-19-8-7-18(20(27)23-19)25-12-17-13(3-1-6-16(17)21(25)28)11-24-14-4-2-5-15(24)10-22-9-14/h1,3,6,14-15,18,22H,2,4-5,7-12H2,(H,23,26,27). The molecule has 4 heterocycles. The van der Waals surface area contributed by atoms with Crippen molar-refractivity contribution in [3.63, 3.8) is 0 Å². The van der Waals surface area contributed by atoms with Crippen LogP contribution in [0.25, 0.3) is 0 Å². The average molecular weight is 382 g/mol. The fourth-order valence-corrected chi connectivity index (χ4v) is 5.33. The van der Waals surface area contributed by atoms with Crippen LogP contribution in [0.4, 0.5) is 0 Å². The Morgan fingerprint density at radius 3 is 2.57 bits per heavy atom. The van der Waals surface area contributed by atoms with Gasteiger partial charge in [-0.3, -0.25) is 24.6 Å². The van der Waals surface area contributed by atoms with E-state index < -0.39 is 6.04 Å². The Labute approximate surface area is 164 Å². The molecule has 7 heteroatoms. The molecule has 0 aliphatic carbocycles. The molecule has 0 radical (unpaired) electrons. The fraction of sp³-hybridized carbons (Fsp3) is 0.571. The third-order valence-electron chi connectivity index (χ3n) is 6.80. The molecule has 1 aromatic carbocycles. The highest BCUT2D eigenvalue weighted by Gasteiger charge is 2.40. The molecule has 3 amide bonds. The van der Waals surface area contributed by atoms with E-state index in [2.05, 4.69) is 21.6 Å². The quantitative estimate of drug-likeness (QED) is 0.755. The van der Waals surface area contributed by atoms with Crippen LogP contribution in [0.15, 0.2) is 18.2 Å². The minimum atomic E-state index is -0.552. The maximum Gasteiger partial charge on any atom is 0.255 e. The van der Waals surface area contributed by atoms with E-state index in [0.717, 1.165) is 25.2 Å². The largest absolute Gasteiger partial charge is 0.322 e. The first-order valence-corrected chi connectivity index (χ1v) is 10.3. The number of carbonyl (C=O) groups excluding carboxylic acids is 3. The second kappa shape index (κ2) is 6.97. The molecular weight excluding hydrogens is 356 g/mol. The van der Waals surface area contributed by atoms with Crippen LogP contribution in [0, 0.1) is 0 Å². The molecule has 28 heavy (non-hydrogen) atoms. The average Bonchev–Trinajstić information content (AvgIpc) is 2.99. The van der Waals surface area contributed by atoms with Gasteiger partial charge >= 0.3 is 0 Å². The first-order valence-electron chi connectivity index (χ1n) is 10.3. The lowest BCUT2D eigenvalue weighted by Gasteiger charge is -2.46. The van der Waals surface area contributed by atoms with Crippen LogP contribution in [0.5, 0.6) is 0 Å². The van der Waals surface area contributed by atoms with Crippen molar-refractivity contribution in [3.8, 4) is 0 Å².